The molecule has 0 amide bonds. The molecule has 0 saturated carbocycles. The van der Waals surface area contributed by atoms with Crippen LogP contribution in [0.4, 0.5) is 0 Å². The second kappa shape index (κ2) is 4.08. The summed E-state index contributed by atoms with van der Waals surface area (Å²) in [6.07, 6.45) is 0. The number of nitriles is 1. The molecule has 15 heavy (non-hydrogen) atoms. The summed E-state index contributed by atoms with van der Waals surface area (Å²) < 4.78 is 0. The summed E-state index contributed by atoms with van der Waals surface area (Å²) in [7, 11) is 0. The molecule has 1 unspecified atom stereocenters. The Bertz CT molecular complexity index is 445. The summed E-state index contributed by atoms with van der Waals surface area (Å²) in [4.78, 5) is 4.50. The zero-order chi connectivity index (χ0) is 10.8. The topological polar surface area (TPSA) is 36.1 Å². The van der Waals surface area contributed by atoms with Gasteiger partial charge in [0.1, 0.15) is 0 Å². The first-order valence-electron chi connectivity index (χ1n) is 4.92. The third-order valence-electron chi connectivity index (χ3n) is 2.47. The second-order valence-electron chi connectivity index (χ2n) is 3.66. The molecule has 1 aromatic rings. The van der Waals surface area contributed by atoms with E-state index in [0.717, 1.165) is 10.6 Å². The molecule has 0 radical (unpaired) electrons. The van der Waals surface area contributed by atoms with E-state index in [1.165, 1.54) is 5.56 Å². The van der Waals surface area contributed by atoms with Crippen molar-refractivity contribution in [3.05, 3.63) is 35.4 Å². The summed E-state index contributed by atoms with van der Waals surface area (Å²) >= 11 is 1.79. The number of rotatable bonds is 1. The number of aliphatic imine (C=N–C) groups is 1. The number of hydrogen-bond acceptors (Lipinski definition) is 3. The summed E-state index contributed by atoms with van der Waals surface area (Å²) in [5, 5.41) is 10.3. The molecule has 2 nitrogen and oxygen atoms in total. The highest BCUT2D eigenvalue weighted by molar-refractivity contribution is 8.14. The Morgan fingerprint density at radius 2 is 2.27 bits per heavy atom. The maximum Gasteiger partial charge on any atom is 0.0991 e. The Balaban J connectivity index is 2.28. The molecule has 3 heteroatoms. The van der Waals surface area contributed by atoms with Crippen molar-refractivity contribution in [2.24, 2.45) is 4.99 Å². The van der Waals surface area contributed by atoms with Gasteiger partial charge in [-0.05, 0) is 31.5 Å². The van der Waals surface area contributed by atoms with Gasteiger partial charge in [-0.3, -0.25) is 4.99 Å². The first-order chi connectivity index (χ1) is 7.20. The Kier molecular flexibility index (Phi) is 2.79. The SMILES string of the molecule is CC1=N[C@H](C)C(c2cccc(C#N)c2)S1. The van der Waals surface area contributed by atoms with Crippen LogP contribution in [0.3, 0.4) is 0 Å². The molecular weight excluding hydrogens is 204 g/mol. The maximum absolute atomic E-state index is 8.84. The molecule has 76 valence electrons. The zero-order valence-electron chi connectivity index (χ0n) is 8.77. The highest BCUT2D eigenvalue weighted by Gasteiger charge is 2.26. The average Bonchev–Trinajstić information content (AvgIpc) is 2.58. The predicted octanol–water partition coefficient (Wildman–Crippen LogP) is 3.15. The largest absolute Gasteiger partial charge is 0.279 e. The van der Waals surface area contributed by atoms with Crippen molar-refractivity contribution in [1.82, 2.24) is 0 Å². The van der Waals surface area contributed by atoms with Crippen molar-refractivity contribution in [2.45, 2.75) is 25.1 Å². The molecule has 0 aliphatic carbocycles. The van der Waals surface area contributed by atoms with Crippen molar-refractivity contribution in [1.29, 1.82) is 5.26 Å². The summed E-state index contributed by atoms with van der Waals surface area (Å²) in [5.41, 5.74) is 1.93. The lowest BCUT2D eigenvalue weighted by Crippen LogP contribution is -2.04. The van der Waals surface area contributed by atoms with Crippen LogP contribution in [0.1, 0.15) is 30.2 Å². The third kappa shape index (κ3) is 2.05. The van der Waals surface area contributed by atoms with Crippen molar-refractivity contribution < 1.29 is 0 Å². The van der Waals surface area contributed by atoms with Gasteiger partial charge in [0.2, 0.25) is 0 Å². The first kappa shape index (κ1) is 10.3. The van der Waals surface area contributed by atoms with Gasteiger partial charge in [-0.15, -0.1) is 11.8 Å². The third-order valence-corrected chi connectivity index (χ3v) is 3.83. The Morgan fingerprint density at radius 3 is 2.87 bits per heavy atom. The lowest BCUT2D eigenvalue weighted by atomic mass is 10.0. The number of nitrogens with zero attached hydrogens (tertiary/aromatic N) is 2. The molecule has 1 aliphatic rings. The molecule has 1 aromatic carbocycles. The maximum atomic E-state index is 8.84. The van der Waals surface area contributed by atoms with Crippen LogP contribution in [-0.2, 0) is 0 Å². The molecule has 0 spiro atoms. The minimum Gasteiger partial charge on any atom is -0.279 e. The van der Waals surface area contributed by atoms with E-state index in [0.29, 0.717) is 11.3 Å². The Hall–Kier alpha value is -1.27. The van der Waals surface area contributed by atoms with Gasteiger partial charge in [0, 0.05) is 0 Å². The van der Waals surface area contributed by atoms with Crippen molar-refractivity contribution in [3.63, 3.8) is 0 Å². The monoisotopic (exact) mass is 216 g/mol. The lowest BCUT2D eigenvalue weighted by molar-refractivity contribution is 0.739. The van der Waals surface area contributed by atoms with E-state index in [2.05, 4.69) is 24.1 Å². The van der Waals surface area contributed by atoms with E-state index in [1.54, 1.807) is 11.8 Å². The van der Waals surface area contributed by atoms with Gasteiger partial charge in [-0.2, -0.15) is 5.26 Å². The summed E-state index contributed by atoms with van der Waals surface area (Å²) in [5.74, 6) is 0. The minimum absolute atomic E-state index is 0.309. The molecule has 2 rings (SSSR count). The first-order valence-corrected chi connectivity index (χ1v) is 5.80. The molecule has 0 N–H and O–H groups in total. The van der Waals surface area contributed by atoms with E-state index in [4.69, 9.17) is 5.26 Å². The predicted molar refractivity (Wildman–Crippen MR) is 64.1 cm³/mol. The van der Waals surface area contributed by atoms with Crippen molar-refractivity contribution in [2.75, 3.05) is 0 Å². The number of thioether (sulfide) groups is 1. The standard InChI is InChI=1S/C12H12N2S/c1-8-12(15-9(2)14-8)11-5-3-4-10(6-11)7-13/h3-6,8,12H,1-2H3/t8-,12?/m1/s1. The highest BCUT2D eigenvalue weighted by Crippen LogP contribution is 2.39. The van der Waals surface area contributed by atoms with Crippen LogP contribution in [0.15, 0.2) is 29.3 Å². The average molecular weight is 216 g/mol. The van der Waals surface area contributed by atoms with E-state index in [9.17, 15) is 0 Å². The summed E-state index contributed by atoms with van der Waals surface area (Å²) in [6.45, 7) is 4.16. The Labute approximate surface area is 94.0 Å². The van der Waals surface area contributed by atoms with Gasteiger partial charge in [0.05, 0.1) is 28.0 Å². The van der Waals surface area contributed by atoms with E-state index < -0.39 is 0 Å². The van der Waals surface area contributed by atoms with Crippen molar-refractivity contribution in [3.8, 4) is 6.07 Å². The fourth-order valence-electron chi connectivity index (χ4n) is 1.80. The molecule has 1 heterocycles. The van der Waals surface area contributed by atoms with Crippen LogP contribution in [0.5, 0.6) is 0 Å². The van der Waals surface area contributed by atoms with Gasteiger partial charge in [-0.1, -0.05) is 12.1 Å². The zero-order valence-corrected chi connectivity index (χ0v) is 9.58. The molecule has 0 fully saturated rings. The van der Waals surface area contributed by atoms with Gasteiger partial charge >= 0.3 is 0 Å². The quantitative estimate of drug-likeness (QED) is 0.723. The normalized spacial score (nSPS) is 24.7. The fourth-order valence-corrected chi connectivity index (χ4v) is 2.93. The smallest absolute Gasteiger partial charge is 0.0991 e. The van der Waals surface area contributed by atoms with E-state index in [1.807, 2.05) is 25.1 Å². The van der Waals surface area contributed by atoms with Crippen molar-refractivity contribution >= 4 is 16.8 Å². The van der Waals surface area contributed by atoms with Crippen LogP contribution < -0.4 is 0 Å². The fraction of sp³-hybridized carbons (Fsp3) is 0.333. The van der Waals surface area contributed by atoms with Crippen LogP contribution in [0, 0.1) is 11.3 Å². The van der Waals surface area contributed by atoms with Crippen LogP contribution in [-0.4, -0.2) is 11.1 Å². The van der Waals surface area contributed by atoms with Gasteiger partial charge < -0.3 is 0 Å². The van der Waals surface area contributed by atoms with E-state index in [-0.39, 0.29) is 0 Å². The molecule has 0 aromatic heterocycles. The molecule has 2 atom stereocenters. The van der Waals surface area contributed by atoms with E-state index >= 15 is 0 Å². The Morgan fingerprint density at radius 1 is 1.47 bits per heavy atom. The molecule has 1 aliphatic heterocycles. The molecule has 0 bridgehead atoms. The molecule has 0 saturated heterocycles. The van der Waals surface area contributed by atoms with Crippen LogP contribution in [0.25, 0.3) is 0 Å². The number of benzene rings is 1. The second-order valence-corrected chi connectivity index (χ2v) is 5.00. The lowest BCUT2D eigenvalue weighted by Gasteiger charge is -2.13. The van der Waals surface area contributed by atoms with Gasteiger partial charge in [0.15, 0.2) is 0 Å². The molecular formula is C12H12N2S. The van der Waals surface area contributed by atoms with Gasteiger partial charge in [-0.25, -0.2) is 0 Å². The highest BCUT2D eigenvalue weighted by atomic mass is 32.2. The van der Waals surface area contributed by atoms with Crippen LogP contribution >= 0.6 is 11.8 Å². The minimum atomic E-state index is 0.309. The van der Waals surface area contributed by atoms with Crippen LogP contribution in [0.2, 0.25) is 0 Å². The summed E-state index contributed by atoms with van der Waals surface area (Å²) in [6, 6.07) is 10.3. The van der Waals surface area contributed by atoms with Gasteiger partial charge in [0.25, 0.3) is 0 Å². The number of hydrogen-bond donors (Lipinski definition) is 0.